The molecule has 1 fully saturated rings. The molecule has 0 spiro atoms. The highest BCUT2D eigenvalue weighted by molar-refractivity contribution is 6.05. The molecule has 21 nitrogen and oxygen atoms in total. The molecule has 11 N–H and O–H groups in total. The topological polar surface area (TPSA) is 325 Å². The third-order valence-electron chi connectivity index (χ3n) is 11.7. The predicted molar refractivity (Wildman–Crippen MR) is 278 cm³/mol. The summed E-state index contributed by atoms with van der Waals surface area (Å²) in [5.41, 5.74) is 7.28. The van der Waals surface area contributed by atoms with E-state index in [2.05, 4.69) is 31.9 Å². The lowest BCUT2D eigenvalue weighted by atomic mass is 10.00. The monoisotopic (exact) mass is 1040 g/mol. The third-order valence-corrected chi connectivity index (χ3v) is 11.7. The second kappa shape index (κ2) is 28.9. The van der Waals surface area contributed by atoms with Gasteiger partial charge in [-0.1, -0.05) is 106 Å². The quantitative estimate of drug-likeness (QED) is 0.0755. The molecule has 402 valence electrons. The maximum Gasteiger partial charge on any atom is 0.331 e. The van der Waals surface area contributed by atoms with Gasteiger partial charge in [-0.15, -0.1) is 0 Å². The summed E-state index contributed by atoms with van der Waals surface area (Å²) in [5, 5.41) is 46.0. The maximum atomic E-state index is 14.9. The van der Waals surface area contributed by atoms with Gasteiger partial charge in [-0.25, -0.2) is 4.79 Å². The highest BCUT2D eigenvalue weighted by Crippen LogP contribution is 2.19. The fourth-order valence-electron chi connectivity index (χ4n) is 7.69. The van der Waals surface area contributed by atoms with Gasteiger partial charge in [0.2, 0.25) is 35.4 Å². The van der Waals surface area contributed by atoms with Crippen molar-refractivity contribution in [2.75, 3.05) is 13.7 Å². The Bertz CT molecular complexity index is 2600. The maximum absolute atomic E-state index is 14.9. The van der Waals surface area contributed by atoms with Crippen molar-refractivity contribution < 1.29 is 63.2 Å². The van der Waals surface area contributed by atoms with Gasteiger partial charge in [0.15, 0.2) is 6.04 Å². The number of allylic oxidation sites excluding steroid dienone is 1. The minimum Gasteiger partial charge on any atom is -0.508 e. The van der Waals surface area contributed by atoms with E-state index in [9.17, 15) is 58.5 Å². The molecule has 3 aromatic rings. The van der Waals surface area contributed by atoms with Crippen LogP contribution in [0.5, 0.6) is 5.75 Å². The molecule has 4 rings (SSSR count). The molecule has 1 heterocycles. The van der Waals surface area contributed by atoms with Gasteiger partial charge in [-0.2, -0.15) is 0 Å². The number of aliphatic hydroxyl groups excluding tert-OH is 2. The molecule has 8 atom stereocenters. The first-order chi connectivity index (χ1) is 35.6. The molecule has 0 saturated carbocycles. The first-order valence-electron chi connectivity index (χ1n) is 24.5. The van der Waals surface area contributed by atoms with Crippen LogP contribution in [0.3, 0.4) is 0 Å². The highest BCUT2D eigenvalue weighted by Gasteiger charge is 2.39. The molecule has 75 heavy (non-hydrogen) atoms. The van der Waals surface area contributed by atoms with Crippen molar-refractivity contribution in [1.82, 2.24) is 36.8 Å². The zero-order valence-electron chi connectivity index (χ0n) is 42.8. The fourth-order valence-corrected chi connectivity index (χ4v) is 7.69. The predicted octanol–water partition coefficient (Wildman–Crippen LogP) is 1.11. The van der Waals surface area contributed by atoms with Gasteiger partial charge in [-0.3, -0.25) is 38.4 Å². The zero-order chi connectivity index (χ0) is 55.4. The molecule has 21 heteroatoms. The number of amides is 8. The van der Waals surface area contributed by atoms with Crippen molar-refractivity contribution in [3.8, 4) is 5.75 Å². The van der Waals surface area contributed by atoms with Gasteiger partial charge in [0.1, 0.15) is 47.8 Å². The standard InChI is InChI=1S/C54H68N8O13/c1-7-8-10-17-36-18-13-14-19-37(36)22-25-45(67)60-47-33(5)75-54(74)42(30-63)59-49(69)41(29-44(55)66)58-52(72)46(32(4)64)61-50(70)40(27-34-15-11-9-12-16-34)56-48(68)39(26-31(2)3)57-51(71)43(62(6)53(47)73)28-35-20-23-38(65)24-21-35/h9-25,28,31-33,39-42,46-47,63-65H,7-8,26-27,29-30H2,1-6H3,(H2,55,66)(H,56,68)(H,57,71)(H,58,72)(H,59,69)(H,60,67)(H,61,70)/t32-,33+,39-,40?,41-,42-,46-,47?/m0/s1. The van der Waals surface area contributed by atoms with Crippen LogP contribution in [0, 0.1) is 5.92 Å². The number of phenols is 1. The second-order valence-electron chi connectivity index (χ2n) is 18.4. The van der Waals surface area contributed by atoms with Crippen LogP contribution in [0.25, 0.3) is 18.2 Å². The molecule has 0 aromatic heterocycles. The minimum absolute atomic E-state index is 0.0228. The summed E-state index contributed by atoms with van der Waals surface area (Å²) in [6, 6.07) is 10.8. The molecule has 0 aliphatic carbocycles. The van der Waals surface area contributed by atoms with Crippen molar-refractivity contribution in [3.05, 3.63) is 119 Å². The number of ether oxygens (including phenoxy) is 1. The van der Waals surface area contributed by atoms with E-state index >= 15 is 0 Å². The Morgan fingerprint density at radius 2 is 1.36 bits per heavy atom. The van der Waals surface area contributed by atoms with E-state index in [1.165, 1.54) is 50.4 Å². The van der Waals surface area contributed by atoms with Crippen LogP contribution in [0.1, 0.15) is 82.6 Å². The molecule has 1 saturated heterocycles. The lowest BCUT2D eigenvalue weighted by molar-refractivity contribution is -0.157. The number of hydrogen-bond acceptors (Lipinski definition) is 13. The van der Waals surface area contributed by atoms with E-state index in [1.807, 2.05) is 31.2 Å². The van der Waals surface area contributed by atoms with E-state index in [0.717, 1.165) is 36.3 Å². The number of nitrogens with one attached hydrogen (secondary N) is 6. The summed E-state index contributed by atoms with van der Waals surface area (Å²) in [6.07, 6.45) is 5.12. The van der Waals surface area contributed by atoms with E-state index in [0.29, 0.717) is 11.1 Å². The molecular weight excluding hydrogens is 969 g/mol. The summed E-state index contributed by atoms with van der Waals surface area (Å²) in [4.78, 5) is 127. The number of benzene rings is 3. The number of unbranched alkanes of at least 4 members (excludes halogenated alkanes) is 1. The number of hydrogen-bond donors (Lipinski definition) is 10. The van der Waals surface area contributed by atoms with Crippen LogP contribution in [0.15, 0.2) is 96.7 Å². The smallest absolute Gasteiger partial charge is 0.331 e. The number of nitrogens with zero attached hydrogens (tertiary/aromatic N) is 1. The molecular formula is C54H68N8O13. The van der Waals surface area contributed by atoms with Gasteiger partial charge in [-0.05, 0) is 79.1 Å². The molecule has 0 radical (unpaired) electrons. The van der Waals surface area contributed by atoms with Gasteiger partial charge in [0, 0.05) is 19.5 Å². The number of phenolic OH excluding ortho intramolecular Hbond substituents is 1. The van der Waals surface area contributed by atoms with Gasteiger partial charge < -0.3 is 62.6 Å². The normalized spacial score (nSPS) is 23.1. The Labute approximate surface area is 435 Å². The number of primary amides is 1. The Balaban J connectivity index is 1.91. The van der Waals surface area contributed by atoms with Crippen molar-refractivity contribution in [2.45, 2.75) is 115 Å². The van der Waals surface area contributed by atoms with Crippen molar-refractivity contribution >= 4 is 71.5 Å². The molecule has 3 aromatic carbocycles. The lowest BCUT2D eigenvalue weighted by Crippen LogP contribution is -2.62. The third kappa shape index (κ3) is 18.4. The number of carbonyl (C=O) groups is 9. The molecule has 2 unspecified atom stereocenters. The average Bonchev–Trinajstić information content (AvgIpc) is 3.36. The largest absolute Gasteiger partial charge is 0.508 e. The van der Waals surface area contributed by atoms with Crippen LogP contribution < -0.4 is 37.6 Å². The highest BCUT2D eigenvalue weighted by atomic mass is 16.5. The van der Waals surface area contributed by atoms with Crippen LogP contribution >= 0.6 is 0 Å². The summed E-state index contributed by atoms with van der Waals surface area (Å²) in [7, 11) is 1.19. The Morgan fingerprint density at radius 1 is 0.773 bits per heavy atom. The Morgan fingerprint density at radius 3 is 1.96 bits per heavy atom. The Hall–Kier alpha value is -8.17. The molecule has 1 aliphatic heterocycles. The fraction of sp³-hybridized carbons (Fsp3) is 0.389. The van der Waals surface area contributed by atoms with Crippen LogP contribution in [-0.4, -0.2) is 136 Å². The number of cyclic esters (lactones) is 1. The van der Waals surface area contributed by atoms with Gasteiger partial charge in [0.05, 0.1) is 19.1 Å². The summed E-state index contributed by atoms with van der Waals surface area (Å²) in [5.74, 6) is -10.1. The number of aliphatic hydroxyl groups is 2. The molecule has 8 amide bonds. The Kier molecular flexibility index (Phi) is 22.9. The SMILES string of the molecule is CCCC=Cc1ccccc1C=CC(=O)NC1C(=O)N(C)C(=Cc2ccc(O)cc2)C(=O)N[C@@H](CC(C)C)C(=O)NC(Cc2ccccc2)C(=O)N[C@@H]([C@H](C)O)C(=O)N[C@@H](CC(N)=O)C(=O)N[C@@H](CO)C(=O)O[C@@H]1C. The van der Waals surface area contributed by atoms with Gasteiger partial charge >= 0.3 is 5.97 Å². The number of likely N-dealkylation sites (N-methyl/N-ethyl adjacent to an activating group) is 1. The van der Waals surface area contributed by atoms with Gasteiger partial charge in [0.25, 0.3) is 11.8 Å². The van der Waals surface area contributed by atoms with Crippen LogP contribution in [0.2, 0.25) is 0 Å². The summed E-state index contributed by atoms with van der Waals surface area (Å²) < 4.78 is 5.63. The average molecular weight is 1040 g/mol. The van der Waals surface area contributed by atoms with Crippen molar-refractivity contribution in [2.24, 2.45) is 11.7 Å². The second-order valence-corrected chi connectivity index (χ2v) is 18.4. The van der Waals surface area contributed by atoms with E-state index < -0.39 is 120 Å². The summed E-state index contributed by atoms with van der Waals surface area (Å²) >= 11 is 0. The summed E-state index contributed by atoms with van der Waals surface area (Å²) in [6.45, 7) is 6.80. The molecule has 1 aliphatic rings. The molecule has 0 bridgehead atoms. The minimum atomic E-state index is -1.94. The number of rotatable bonds is 15. The van der Waals surface area contributed by atoms with E-state index in [-0.39, 0.29) is 30.1 Å². The lowest BCUT2D eigenvalue weighted by Gasteiger charge is -2.31. The van der Waals surface area contributed by atoms with Crippen LogP contribution in [-0.2, 0) is 54.3 Å². The van der Waals surface area contributed by atoms with E-state index in [4.69, 9.17) is 10.5 Å². The first-order valence-corrected chi connectivity index (χ1v) is 24.5. The number of aromatic hydroxyl groups is 1. The van der Waals surface area contributed by atoms with Crippen molar-refractivity contribution in [1.29, 1.82) is 0 Å². The van der Waals surface area contributed by atoms with Crippen LogP contribution in [0.4, 0.5) is 0 Å². The number of nitrogens with two attached hydrogens (primary N) is 1. The first kappa shape index (κ1) is 59.4. The number of esters is 1. The van der Waals surface area contributed by atoms with E-state index in [1.54, 1.807) is 56.3 Å². The van der Waals surface area contributed by atoms with Crippen molar-refractivity contribution in [3.63, 3.8) is 0 Å². The number of carbonyl (C=O) groups excluding carboxylic acids is 9. The zero-order valence-corrected chi connectivity index (χ0v) is 42.8.